The molecule has 0 unspecified atom stereocenters. The Hall–Kier alpha value is -1.57. The third-order valence-electron chi connectivity index (χ3n) is 2.52. The van der Waals surface area contributed by atoms with Gasteiger partial charge >= 0.3 is 6.18 Å². The quantitative estimate of drug-likeness (QED) is 0.911. The van der Waals surface area contributed by atoms with Gasteiger partial charge in [-0.15, -0.1) is 0 Å². The van der Waals surface area contributed by atoms with Crippen LogP contribution in [-0.4, -0.2) is 16.7 Å². The van der Waals surface area contributed by atoms with Crippen molar-refractivity contribution in [2.45, 2.75) is 19.5 Å². The minimum atomic E-state index is -4.34. The van der Waals surface area contributed by atoms with Crippen molar-refractivity contribution in [1.29, 1.82) is 0 Å². The number of hydrogen-bond donors (Lipinski definition) is 1. The minimum Gasteiger partial charge on any atom is -0.384 e. The zero-order valence-corrected chi connectivity index (χ0v) is 12.0. The molecule has 0 atom stereocenters. The molecule has 0 spiro atoms. The van der Waals surface area contributed by atoms with E-state index in [0.29, 0.717) is 34.8 Å². The zero-order valence-electron chi connectivity index (χ0n) is 10.5. The maximum absolute atomic E-state index is 12.5. The summed E-state index contributed by atoms with van der Waals surface area (Å²) < 4.78 is 42.8. The summed E-state index contributed by atoms with van der Waals surface area (Å²) in [5, 5.41) is 6.66. The van der Waals surface area contributed by atoms with Gasteiger partial charge in [-0.1, -0.05) is 5.16 Å². The van der Waals surface area contributed by atoms with Crippen LogP contribution in [0.4, 0.5) is 18.9 Å². The summed E-state index contributed by atoms with van der Waals surface area (Å²) in [5.74, 6) is 1.04. The highest BCUT2D eigenvalue weighted by atomic mass is 79.9. The Morgan fingerprint density at radius 2 is 2.10 bits per heavy atom. The van der Waals surface area contributed by atoms with E-state index >= 15 is 0 Å². The second-order valence-electron chi connectivity index (χ2n) is 4.10. The molecule has 4 nitrogen and oxygen atoms in total. The van der Waals surface area contributed by atoms with E-state index in [9.17, 15) is 13.2 Å². The lowest BCUT2D eigenvalue weighted by molar-refractivity contribution is -0.137. The van der Waals surface area contributed by atoms with Crippen LogP contribution in [0.15, 0.2) is 27.2 Å². The smallest absolute Gasteiger partial charge is 0.384 e. The van der Waals surface area contributed by atoms with Crippen LogP contribution < -0.4 is 5.32 Å². The summed E-state index contributed by atoms with van der Waals surface area (Å²) in [7, 11) is 0. The number of hydrogen-bond acceptors (Lipinski definition) is 4. The Morgan fingerprint density at radius 3 is 2.65 bits per heavy atom. The van der Waals surface area contributed by atoms with Gasteiger partial charge in [0.15, 0.2) is 5.82 Å². The van der Waals surface area contributed by atoms with Crippen LogP contribution in [0.25, 0.3) is 0 Å². The topological polar surface area (TPSA) is 51.0 Å². The Bertz CT molecular complexity index is 598. The molecule has 8 heteroatoms. The van der Waals surface area contributed by atoms with E-state index in [4.69, 9.17) is 4.52 Å². The molecule has 20 heavy (non-hydrogen) atoms. The highest BCUT2D eigenvalue weighted by molar-refractivity contribution is 9.10. The minimum absolute atomic E-state index is 0.356. The summed E-state index contributed by atoms with van der Waals surface area (Å²) >= 11 is 3.12. The second-order valence-corrected chi connectivity index (χ2v) is 4.96. The molecule has 0 fully saturated rings. The molecule has 1 N–H and O–H groups in total. The average molecular weight is 350 g/mol. The van der Waals surface area contributed by atoms with Crippen LogP contribution in [0.5, 0.6) is 0 Å². The Labute approximate surface area is 121 Å². The van der Waals surface area contributed by atoms with Gasteiger partial charge in [-0.05, 0) is 41.1 Å². The molecule has 1 heterocycles. The first-order valence-corrected chi connectivity index (χ1v) is 6.55. The molecule has 0 aliphatic rings. The standard InChI is InChI=1S/C12H11BrF3N3O/c1-7-18-11(20-19-7)4-5-17-10-3-2-8(6-9(10)13)12(14,15)16/h2-3,6,17H,4-5H2,1H3. The van der Waals surface area contributed by atoms with Crippen molar-refractivity contribution in [1.82, 2.24) is 10.1 Å². The molecule has 2 rings (SSSR count). The number of benzene rings is 1. The van der Waals surface area contributed by atoms with E-state index in [1.165, 1.54) is 6.07 Å². The normalized spacial score (nSPS) is 11.7. The maximum Gasteiger partial charge on any atom is 0.416 e. The van der Waals surface area contributed by atoms with E-state index in [0.717, 1.165) is 12.1 Å². The summed E-state index contributed by atoms with van der Waals surface area (Å²) in [5.41, 5.74) is -0.114. The number of aryl methyl sites for hydroxylation is 1. The first kappa shape index (κ1) is 14.8. The molecule has 108 valence electrons. The number of rotatable bonds is 4. The SMILES string of the molecule is Cc1noc(CCNc2ccc(C(F)(F)F)cc2Br)n1. The van der Waals surface area contributed by atoms with Crippen molar-refractivity contribution >= 4 is 21.6 Å². The molecule has 0 saturated heterocycles. The summed E-state index contributed by atoms with van der Waals surface area (Å²) in [6.07, 6.45) is -3.85. The largest absolute Gasteiger partial charge is 0.416 e. The van der Waals surface area contributed by atoms with Gasteiger partial charge in [0.25, 0.3) is 0 Å². The lowest BCUT2D eigenvalue weighted by atomic mass is 10.2. The number of halogens is 4. The van der Waals surface area contributed by atoms with Gasteiger partial charge in [-0.2, -0.15) is 18.2 Å². The predicted octanol–water partition coefficient (Wildman–Crippen LogP) is 3.81. The molecular weight excluding hydrogens is 339 g/mol. The predicted molar refractivity (Wildman–Crippen MR) is 70.4 cm³/mol. The zero-order chi connectivity index (χ0) is 14.8. The van der Waals surface area contributed by atoms with Gasteiger partial charge in [0, 0.05) is 23.1 Å². The molecular formula is C12H11BrF3N3O. The maximum atomic E-state index is 12.5. The Kier molecular flexibility index (Phi) is 4.32. The van der Waals surface area contributed by atoms with E-state index in [-0.39, 0.29) is 0 Å². The number of aromatic nitrogens is 2. The fraction of sp³-hybridized carbons (Fsp3) is 0.333. The molecule has 1 aromatic heterocycles. The van der Waals surface area contributed by atoms with E-state index in [2.05, 4.69) is 31.4 Å². The molecule has 0 bridgehead atoms. The highest BCUT2D eigenvalue weighted by Crippen LogP contribution is 2.33. The van der Waals surface area contributed by atoms with Crippen molar-refractivity contribution in [3.05, 3.63) is 40.0 Å². The van der Waals surface area contributed by atoms with Crippen molar-refractivity contribution in [3.63, 3.8) is 0 Å². The van der Waals surface area contributed by atoms with Crippen LogP contribution in [0.1, 0.15) is 17.3 Å². The fourth-order valence-corrected chi connectivity index (χ4v) is 2.10. The van der Waals surface area contributed by atoms with Crippen molar-refractivity contribution < 1.29 is 17.7 Å². The average Bonchev–Trinajstić information content (AvgIpc) is 2.76. The highest BCUT2D eigenvalue weighted by Gasteiger charge is 2.30. The lowest BCUT2D eigenvalue weighted by Crippen LogP contribution is -2.08. The van der Waals surface area contributed by atoms with Gasteiger partial charge in [0.2, 0.25) is 5.89 Å². The Balaban J connectivity index is 1.96. The summed E-state index contributed by atoms with van der Waals surface area (Å²) in [4.78, 5) is 4.03. The van der Waals surface area contributed by atoms with Crippen LogP contribution in [-0.2, 0) is 12.6 Å². The molecule has 0 amide bonds. The van der Waals surface area contributed by atoms with Gasteiger partial charge in [0.05, 0.1) is 5.56 Å². The first-order chi connectivity index (χ1) is 9.36. The number of nitrogens with one attached hydrogen (secondary N) is 1. The van der Waals surface area contributed by atoms with Crippen molar-refractivity contribution in [3.8, 4) is 0 Å². The van der Waals surface area contributed by atoms with Crippen LogP contribution >= 0.6 is 15.9 Å². The molecule has 0 radical (unpaired) electrons. The van der Waals surface area contributed by atoms with Gasteiger partial charge in [0.1, 0.15) is 0 Å². The second kappa shape index (κ2) is 5.82. The van der Waals surface area contributed by atoms with Gasteiger partial charge in [-0.3, -0.25) is 0 Å². The number of anilines is 1. The molecule has 0 aliphatic carbocycles. The Morgan fingerprint density at radius 1 is 1.35 bits per heavy atom. The monoisotopic (exact) mass is 349 g/mol. The third-order valence-corrected chi connectivity index (χ3v) is 3.18. The fourth-order valence-electron chi connectivity index (χ4n) is 1.58. The van der Waals surface area contributed by atoms with Crippen molar-refractivity contribution in [2.24, 2.45) is 0 Å². The van der Waals surface area contributed by atoms with Crippen LogP contribution in [0.3, 0.4) is 0 Å². The third kappa shape index (κ3) is 3.72. The molecule has 2 aromatic rings. The van der Waals surface area contributed by atoms with E-state index in [1.54, 1.807) is 6.92 Å². The summed E-state index contributed by atoms with van der Waals surface area (Å²) in [6.45, 7) is 2.19. The van der Waals surface area contributed by atoms with Crippen molar-refractivity contribution in [2.75, 3.05) is 11.9 Å². The first-order valence-electron chi connectivity index (χ1n) is 5.76. The lowest BCUT2D eigenvalue weighted by Gasteiger charge is -2.11. The molecule has 0 aliphatic heterocycles. The van der Waals surface area contributed by atoms with Crippen LogP contribution in [0, 0.1) is 6.92 Å². The number of nitrogens with zero attached hydrogens (tertiary/aromatic N) is 2. The van der Waals surface area contributed by atoms with E-state index in [1.807, 2.05) is 0 Å². The molecule has 1 aromatic carbocycles. The number of alkyl halides is 3. The van der Waals surface area contributed by atoms with Crippen LogP contribution in [0.2, 0.25) is 0 Å². The summed E-state index contributed by atoms with van der Waals surface area (Å²) in [6, 6.07) is 3.45. The van der Waals surface area contributed by atoms with Gasteiger partial charge in [-0.25, -0.2) is 0 Å². The van der Waals surface area contributed by atoms with Gasteiger partial charge < -0.3 is 9.84 Å². The van der Waals surface area contributed by atoms with E-state index < -0.39 is 11.7 Å². The molecule has 0 saturated carbocycles.